The Morgan fingerprint density at radius 3 is 2.38 bits per heavy atom. The van der Waals surface area contributed by atoms with Crippen LogP contribution in [0, 0.1) is 11.6 Å². The van der Waals surface area contributed by atoms with Crippen LogP contribution in [-0.2, 0) is 6.54 Å². The number of thioether (sulfide) groups is 1. The summed E-state index contributed by atoms with van der Waals surface area (Å²) in [5.41, 5.74) is 0.741. The van der Waals surface area contributed by atoms with Crippen LogP contribution in [0.25, 0.3) is 11.5 Å². The highest BCUT2D eigenvalue weighted by atomic mass is 32.2. The molecule has 2 amide bonds. The van der Waals surface area contributed by atoms with Gasteiger partial charge in [0.05, 0.1) is 6.54 Å². The second-order valence-electron chi connectivity index (χ2n) is 8.06. The summed E-state index contributed by atoms with van der Waals surface area (Å²) in [5.74, 6) is -2.21. The predicted molar refractivity (Wildman–Crippen MR) is 121 cm³/mol. The number of amides is 2. The normalized spacial score (nSPS) is 18.4. The molecule has 0 radical (unpaired) electrons. The predicted octanol–water partition coefficient (Wildman–Crippen LogP) is 5.90. The fourth-order valence-electron chi connectivity index (χ4n) is 3.81. The lowest BCUT2D eigenvalue weighted by Gasteiger charge is -2.38. The number of hydrogen-bond donors (Lipinski definition) is 0. The van der Waals surface area contributed by atoms with Crippen LogP contribution in [0.15, 0.2) is 46.9 Å². The highest BCUT2D eigenvalue weighted by molar-refractivity contribution is 8.00. The van der Waals surface area contributed by atoms with Crippen LogP contribution in [0.1, 0.15) is 31.7 Å². The minimum Gasteiger partial charge on any atom is -0.415 e. The summed E-state index contributed by atoms with van der Waals surface area (Å²) in [5, 5.41) is 7.26. The van der Waals surface area contributed by atoms with Gasteiger partial charge >= 0.3 is 12.5 Å². The number of halogens is 4. The molecule has 0 aliphatic carbocycles. The maximum absolute atomic E-state index is 15.0. The number of aromatic nitrogens is 2. The number of urea groups is 1. The van der Waals surface area contributed by atoms with Crippen molar-refractivity contribution in [1.29, 1.82) is 0 Å². The van der Waals surface area contributed by atoms with Crippen LogP contribution in [-0.4, -0.2) is 44.7 Å². The Morgan fingerprint density at radius 2 is 1.79 bits per heavy atom. The van der Waals surface area contributed by atoms with E-state index in [4.69, 9.17) is 4.42 Å². The van der Waals surface area contributed by atoms with Crippen LogP contribution >= 0.6 is 11.8 Å². The smallest absolute Gasteiger partial charge is 0.324 e. The van der Waals surface area contributed by atoms with Crippen molar-refractivity contribution >= 4 is 23.5 Å². The zero-order valence-electron chi connectivity index (χ0n) is 18.4. The lowest BCUT2D eigenvalue weighted by Crippen LogP contribution is -2.50. The molecule has 1 fully saturated rings. The molecule has 1 aliphatic rings. The molecule has 0 N–H and O–H groups in total. The molecule has 34 heavy (non-hydrogen) atoms. The first-order valence-electron chi connectivity index (χ1n) is 10.6. The minimum atomic E-state index is -2.93. The zero-order chi connectivity index (χ0) is 24.4. The average molecular weight is 495 g/mol. The Kier molecular flexibility index (Phi) is 7.11. The van der Waals surface area contributed by atoms with Crippen LogP contribution in [0.5, 0.6) is 0 Å². The van der Waals surface area contributed by atoms with Gasteiger partial charge in [0, 0.05) is 40.4 Å². The molecule has 2 aromatic carbocycles. The molecule has 3 aromatic rings. The third-order valence-corrected chi connectivity index (χ3v) is 6.54. The maximum Gasteiger partial charge on any atom is 0.324 e. The van der Waals surface area contributed by atoms with E-state index in [1.165, 1.54) is 41.3 Å². The highest BCUT2D eigenvalue weighted by Crippen LogP contribution is 2.29. The molecule has 1 aliphatic heterocycles. The van der Waals surface area contributed by atoms with Crippen LogP contribution in [0.3, 0.4) is 0 Å². The molecular weight excluding hydrogens is 472 g/mol. The summed E-state index contributed by atoms with van der Waals surface area (Å²) in [7, 11) is 0. The number of alkyl halides is 2. The van der Waals surface area contributed by atoms with E-state index >= 15 is 4.39 Å². The number of carbonyl (C=O) groups is 1. The molecule has 0 bridgehead atoms. The van der Waals surface area contributed by atoms with E-state index in [1.807, 2.05) is 13.8 Å². The fourth-order valence-corrected chi connectivity index (χ4v) is 5.14. The van der Waals surface area contributed by atoms with Crippen molar-refractivity contribution in [2.24, 2.45) is 0 Å². The Morgan fingerprint density at radius 1 is 1.12 bits per heavy atom. The molecule has 2 heterocycles. The van der Waals surface area contributed by atoms with Crippen molar-refractivity contribution in [3.05, 3.63) is 65.6 Å². The summed E-state index contributed by atoms with van der Waals surface area (Å²) in [6, 6.07) is 9.07. The number of carbonyl (C=O) groups excluding carboxylic acids is 1. The molecule has 11 heteroatoms. The van der Waals surface area contributed by atoms with E-state index in [9.17, 15) is 18.0 Å². The van der Waals surface area contributed by atoms with Crippen molar-refractivity contribution in [3.8, 4) is 11.5 Å². The number of rotatable bonds is 5. The van der Waals surface area contributed by atoms with Crippen molar-refractivity contribution in [2.75, 3.05) is 18.0 Å². The molecule has 4 rings (SSSR count). The number of benzene rings is 2. The zero-order valence-corrected chi connectivity index (χ0v) is 19.2. The van der Waals surface area contributed by atoms with Crippen LogP contribution in [0.4, 0.5) is 28.0 Å². The van der Waals surface area contributed by atoms with Crippen molar-refractivity contribution in [3.63, 3.8) is 0 Å². The van der Waals surface area contributed by atoms with Gasteiger partial charge in [-0.2, -0.15) is 20.5 Å². The maximum atomic E-state index is 15.0. The molecule has 180 valence electrons. The first-order chi connectivity index (χ1) is 16.2. The van der Waals surface area contributed by atoms with E-state index < -0.39 is 24.0 Å². The van der Waals surface area contributed by atoms with Crippen LogP contribution in [0.2, 0.25) is 0 Å². The van der Waals surface area contributed by atoms with Crippen molar-refractivity contribution in [1.82, 2.24) is 15.1 Å². The minimum absolute atomic E-state index is 0.116. The van der Waals surface area contributed by atoms with Crippen LogP contribution < -0.4 is 4.90 Å². The van der Waals surface area contributed by atoms with Gasteiger partial charge in [-0.25, -0.2) is 13.6 Å². The molecular formula is C23H22F4N4O2S. The topological polar surface area (TPSA) is 62.5 Å². The third-order valence-electron chi connectivity index (χ3n) is 5.32. The highest BCUT2D eigenvalue weighted by Gasteiger charge is 2.30. The SMILES string of the molecule is CC1CN(C(=O)N(Cc2ccc(-c3nnc(C(F)F)o3)cc2F)c2ccc(F)cc2)CC(C)S1. The van der Waals surface area contributed by atoms with Crippen molar-refractivity contribution in [2.45, 2.75) is 37.3 Å². The molecule has 1 aromatic heterocycles. The standard InChI is InChI=1S/C23H22F4N4O2S/c1-13-10-30(11-14(2)34-13)23(32)31(18-7-5-17(24)6-8-18)12-16-4-3-15(9-19(16)25)21-28-29-22(33-21)20(26)27/h3-9,13-14,20H,10-12H2,1-2H3. The van der Waals surface area contributed by atoms with E-state index in [-0.39, 0.29) is 40.1 Å². The second-order valence-corrected chi connectivity index (χ2v) is 9.94. The van der Waals surface area contributed by atoms with Gasteiger partial charge in [-0.15, -0.1) is 10.2 Å². The summed E-state index contributed by atoms with van der Waals surface area (Å²) in [6.45, 7) is 5.04. The Labute approximate surface area is 197 Å². The van der Waals surface area contributed by atoms with E-state index in [2.05, 4.69) is 10.2 Å². The molecule has 1 saturated heterocycles. The van der Waals surface area contributed by atoms with Gasteiger partial charge in [-0.05, 0) is 36.4 Å². The first-order valence-corrected chi connectivity index (χ1v) is 11.5. The largest absolute Gasteiger partial charge is 0.415 e. The van der Waals surface area contributed by atoms with Gasteiger partial charge in [-0.3, -0.25) is 4.90 Å². The van der Waals surface area contributed by atoms with Crippen molar-refractivity contribution < 1.29 is 26.8 Å². The summed E-state index contributed by atoms with van der Waals surface area (Å²) in [6.07, 6.45) is -2.93. The van der Waals surface area contributed by atoms with E-state index in [1.54, 1.807) is 16.7 Å². The number of nitrogens with zero attached hydrogens (tertiary/aromatic N) is 4. The lowest BCUT2D eigenvalue weighted by molar-refractivity contribution is 0.116. The van der Waals surface area contributed by atoms with Gasteiger partial charge in [0.1, 0.15) is 11.6 Å². The monoisotopic (exact) mass is 494 g/mol. The number of anilines is 1. The molecule has 0 saturated carbocycles. The molecule has 6 nitrogen and oxygen atoms in total. The van der Waals surface area contributed by atoms with Gasteiger partial charge < -0.3 is 9.32 Å². The van der Waals surface area contributed by atoms with Gasteiger partial charge in [0.25, 0.3) is 5.89 Å². The molecule has 2 atom stereocenters. The third kappa shape index (κ3) is 5.35. The summed E-state index contributed by atoms with van der Waals surface area (Å²) >= 11 is 1.79. The first kappa shape index (κ1) is 24.1. The Hall–Kier alpha value is -3.08. The lowest BCUT2D eigenvalue weighted by atomic mass is 10.1. The Balaban J connectivity index is 1.62. The van der Waals surface area contributed by atoms with Gasteiger partial charge in [0.15, 0.2) is 0 Å². The summed E-state index contributed by atoms with van der Waals surface area (Å²) < 4.78 is 58.8. The second kappa shape index (κ2) is 10.0. The van der Waals surface area contributed by atoms with E-state index in [0.29, 0.717) is 18.8 Å². The number of hydrogen-bond acceptors (Lipinski definition) is 5. The fraction of sp³-hybridized carbons (Fsp3) is 0.348. The van der Waals surface area contributed by atoms with Gasteiger partial charge in [0.2, 0.25) is 5.89 Å². The van der Waals surface area contributed by atoms with Gasteiger partial charge in [-0.1, -0.05) is 19.9 Å². The van der Waals surface area contributed by atoms with E-state index in [0.717, 1.165) is 6.07 Å². The molecule has 2 unspecified atom stereocenters. The Bertz CT molecular complexity index is 1150. The molecule has 0 spiro atoms. The summed E-state index contributed by atoms with van der Waals surface area (Å²) in [4.78, 5) is 16.6. The average Bonchev–Trinajstić information content (AvgIpc) is 3.29. The quantitative estimate of drug-likeness (QED) is 0.413.